The number of hydrogen-bond acceptors (Lipinski definition) is 0. The van der Waals surface area contributed by atoms with E-state index in [1.165, 1.54) is 30.9 Å². The van der Waals surface area contributed by atoms with E-state index in [4.69, 9.17) is 0 Å². The van der Waals surface area contributed by atoms with Crippen LogP contribution in [0.25, 0.3) is 0 Å². The molecule has 0 fully saturated rings. The Balaban J connectivity index is 3.25. The van der Waals surface area contributed by atoms with E-state index in [1.54, 1.807) is 10.4 Å². The van der Waals surface area contributed by atoms with Gasteiger partial charge in [-0.05, 0) is 0 Å². The van der Waals surface area contributed by atoms with Crippen molar-refractivity contribution >= 4 is 14.7 Å². The first-order valence-electron chi connectivity index (χ1n) is 5.07. The van der Waals surface area contributed by atoms with Gasteiger partial charge in [0.25, 0.3) is 0 Å². The van der Waals surface area contributed by atoms with Crippen molar-refractivity contribution in [1.29, 1.82) is 0 Å². The Hall–Kier alpha value is 0.558. The van der Waals surface area contributed by atoms with Crippen LogP contribution in [0, 0.1) is 0 Å². The third-order valence-electron chi connectivity index (χ3n) is 2.10. The molecule has 0 bridgehead atoms. The molecule has 0 aromatic heterocycles. The molecule has 0 aromatic carbocycles. The van der Waals surface area contributed by atoms with Crippen LogP contribution in [0.4, 0.5) is 0 Å². The van der Waals surface area contributed by atoms with Gasteiger partial charge in [-0.15, -0.1) is 0 Å². The van der Waals surface area contributed by atoms with Crippen molar-refractivity contribution in [2.75, 3.05) is 0 Å². The van der Waals surface area contributed by atoms with Crippen molar-refractivity contribution in [3.63, 3.8) is 0 Å². The molecule has 0 radical (unpaired) electrons. The Morgan fingerprint density at radius 2 is 1.27 bits per heavy atom. The van der Waals surface area contributed by atoms with Crippen LogP contribution in [-0.4, -0.2) is 14.7 Å². The molecular weight excluding hydrogens is 195 g/mol. The molecule has 0 nitrogen and oxygen atoms in total. The van der Waals surface area contributed by atoms with Gasteiger partial charge in [0, 0.05) is 0 Å². The molecule has 0 unspecified atom stereocenters. The fourth-order valence-corrected chi connectivity index (χ4v) is 6.19. The second-order valence-electron chi connectivity index (χ2n) is 3.14. The van der Waals surface area contributed by atoms with Crippen LogP contribution < -0.4 is 0 Å². The van der Waals surface area contributed by atoms with Crippen molar-refractivity contribution < 1.29 is 0 Å². The summed E-state index contributed by atoms with van der Waals surface area (Å²) < 4.78 is 0. The van der Waals surface area contributed by atoms with E-state index in [0.717, 1.165) is 0 Å². The Morgan fingerprint density at radius 1 is 0.818 bits per heavy atom. The summed E-state index contributed by atoms with van der Waals surface area (Å²) in [5.41, 5.74) is 0. The first-order chi connectivity index (χ1) is 5.35. The molecule has 0 atom stereocenters. The van der Waals surface area contributed by atoms with E-state index in [-0.39, 0.29) is 14.7 Å². The Labute approximate surface area is 77.0 Å². The predicted octanol–water partition coefficient (Wildman–Crippen LogP) is 4.10. The van der Waals surface area contributed by atoms with Gasteiger partial charge >= 0.3 is 76.7 Å². The topological polar surface area (TPSA) is 0 Å². The van der Waals surface area contributed by atoms with Crippen LogP contribution in [0.15, 0.2) is 0 Å². The summed E-state index contributed by atoms with van der Waals surface area (Å²) in [6.07, 6.45) is 5.80. The van der Waals surface area contributed by atoms with Crippen molar-refractivity contribution in [1.82, 2.24) is 0 Å². The van der Waals surface area contributed by atoms with Gasteiger partial charge in [-0.3, -0.25) is 0 Å². The standard InChI is InChI=1S/C10H23As/c1-4-7-9-11(6-3)10-8-5-2/h4-10H2,1-3H3. The molecule has 68 valence electrons. The second kappa shape index (κ2) is 8.65. The third kappa shape index (κ3) is 6.94. The van der Waals surface area contributed by atoms with Gasteiger partial charge in [0.1, 0.15) is 0 Å². The summed E-state index contributed by atoms with van der Waals surface area (Å²) in [6, 6.07) is 0. The zero-order chi connectivity index (χ0) is 8.53. The maximum absolute atomic E-state index is 2.39. The normalized spacial score (nSPS) is 10.9. The van der Waals surface area contributed by atoms with Gasteiger partial charge in [-0.2, -0.15) is 0 Å². The first-order valence-corrected chi connectivity index (χ1v) is 9.05. The SMILES string of the molecule is CCCC[As](CC)CCCC. The minimum absolute atomic E-state index is 0.312. The van der Waals surface area contributed by atoms with Crippen LogP contribution in [0.3, 0.4) is 0 Å². The van der Waals surface area contributed by atoms with E-state index in [2.05, 4.69) is 20.8 Å². The quantitative estimate of drug-likeness (QED) is 0.564. The number of rotatable bonds is 7. The van der Waals surface area contributed by atoms with Crippen molar-refractivity contribution in [2.24, 2.45) is 0 Å². The fraction of sp³-hybridized carbons (Fsp3) is 1.00. The molecule has 0 N–H and O–H groups in total. The molecule has 0 amide bonds. The summed E-state index contributed by atoms with van der Waals surface area (Å²) in [6.45, 7) is 7.01. The van der Waals surface area contributed by atoms with Crippen LogP contribution in [-0.2, 0) is 0 Å². The van der Waals surface area contributed by atoms with Gasteiger partial charge in [0.15, 0.2) is 0 Å². The monoisotopic (exact) mass is 218 g/mol. The van der Waals surface area contributed by atoms with E-state index >= 15 is 0 Å². The predicted molar refractivity (Wildman–Crippen MR) is 55.7 cm³/mol. The molecule has 0 aromatic rings. The van der Waals surface area contributed by atoms with Crippen LogP contribution >= 0.6 is 0 Å². The second-order valence-corrected chi connectivity index (χ2v) is 9.16. The van der Waals surface area contributed by atoms with Crippen molar-refractivity contribution in [3.05, 3.63) is 0 Å². The van der Waals surface area contributed by atoms with Gasteiger partial charge in [0.05, 0.1) is 0 Å². The van der Waals surface area contributed by atoms with Gasteiger partial charge in [-0.1, -0.05) is 0 Å². The summed E-state index contributed by atoms with van der Waals surface area (Å²) >= 11 is -0.312. The molecule has 0 aliphatic rings. The Kier molecular flexibility index (Phi) is 9.09. The first kappa shape index (κ1) is 11.6. The Morgan fingerprint density at radius 3 is 1.55 bits per heavy atom. The molecule has 0 aliphatic heterocycles. The summed E-state index contributed by atoms with van der Waals surface area (Å²) in [4.78, 5) is 0. The fourth-order valence-electron chi connectivity index (χ4n) is 1.19. The van der Waals surface area contributed by atoms with E-state index < -0.39 is 0 Å². The molecule has 0 aliphatic carbocycles. The molecule has 0 spiro atoms. The third-order valence-corrected chi connectivity index (χ3v) is 7.96. The molecule has 11 heavy (non-hydrogen) atoms. The van der Waals surface area contributed by atoms with Gasteiger partial charge in [-0.25, -0.2) is 0 Å². The van der Waals surface area contributed by atoms with Gasteiger partial charge in [0.2, 0.25) is 0 Å². The summed E-state index contributed by atoms with van der Waals surface area (Å²) in [5, 5.41) is 4.76. The summed E-state index contributed by atoms with van der Waals surface area (Å²) in [7, 11) is 0. The Bertz CT molecular complexity index is 63.3. The van der Waals surface area contributed by atoms with Crippen molar-refractivity contribution in [2.45, 2.75) is 62.1 Å². The van der Waals surface area contributed by atoms with E-state index in [1.807, 2.05) is 0 Å². The zero-order valence-corrected chi connectivity index (χ0v) is 10.3. The van der Waals surface area contributed by atoms with E-state index in [9.17, 15) is 0 Å². The molecule has 0 heterocycles. The maximum atomic E-state index is 2.39. The van der Waals surface area contributed by atoms with E-state index in [0.29, 0.717) is 0 Å². The number of hydrogen-bond donors (Lipinski definition) is 0. The molecule has 0 saturated carbocycles. The molecule has 0 rings (SSSR count). The summed E-state index contributed by atoms with van der Waals surface area (Å²) in [5.74, 6) is 0. The molecule has 0 saturated heterocycles. The van der Waals surface area contributed by atoms with Crippen LogP contribution in [0.1, 0.15) is 46.5 Å². The minimum atomic E-state index is -0.312. The van der Waals surface area contributed by atoms with Crippen LogP contribution in [0.5, 0.6) is 0 Å². The molecular formula is C10H23As. The van der Waals surface area contributed by atoms with Crippen LogP contribution in [0.2, 0.25) is 15.6 Å². The average Bonchev–Trinajstić information content (AvgIpc) is 2.05. The van der Waals surface area contributed by atoms with Gasteiger partial charge < -0.3 is 0 Å². The zero-order valence-electron chi connectivity index (χ0n) is 8.40. The molecule has 1 heteroatoms. The van der Waals surface area contributed by atoms with Crippen molar-refractivity contribution in [3.8, 4) is 0 Å². The average molecular weight is 218 g/mol. The number of unbranched alkanes of at least 4 members (excludes halogenated alkanes) is 2.